The van der Waals surface area contributed by atoms with Crippen molar-refractivity contribution in [1.29, 1.82) is 0 Å². The van der Waals surface area contributed by atoms with E-state index in [-0.39, 0.29) is 0 Å². The quantitative estimate of drug-likeness (QED) is 0.683. The molecule has 0 fully saturated rings. The number of hydrogen-bond donors (Lipinski definition) is 0. The predicted molar refractivity (Wildman–Crippen MR) is 45.4 cm³/mol. The predicted octanol–water partition coefficient (Wildman–Crippen LogP) is 1.17. The molecule has 0 amide bonds. The lowest BCUT2D eigenvalue weighted by atomic mass is 10.4. The molecule has 0 saturated carbocycles. The second-order valence-electron chi connectivity index (χ2n) is 2.25. The van der Waals surface area contributed by atoms with Crippen LogP contribution in [0.25, 0.3) is 17.6 Å². The van der Waals surface area contributed by atoms with E-state index in [1.807, 2.05) is 0 Å². The summed E-state index contributed by atoms with van der Waals surface area (Å²) >= 11 is 0. The SMILES string of the molecule is C=Cc1nc(-c2ccncn2)no1. The second kappa shape index (κ2) is 3.14. The minimum absolute atomic E-state index is 0.383. The molecule has 2 heterocycles. The van der Waals surface area contributed by atoms with Crippen LogP contribution in [0, 0.1) is 0 Å². The molecule has 0 atom stereocenters. The first kappa shape index (κ1) is 7.60. The Bertz CT molecular complexity index is 409. The summed E-state index contributed by atoms with van der Waals surface area (Å²) < 4.78 is 4.83. The van der Waals surface area contributed by atoms with Crippen molar-refractivity contribution >= 4 is 6.08 Å². The van der Waals surface area contributed by atoms with Gasteiger partial charge in [0, 0.05) is 6.20 Å². The molecule has 2 rings (SSSR count). The molecule has 0 bridgehead atoms. The average molecular weight is 174 g/mol. The van der Waals surface area contributed by atoms with Crippen LogP contribution in [0.5, 0.6) is 0 Å². The van der Waals surface area contributed by atoms with Gasteiger partial charge in [-0.2, -0.15) is 4.98 Å². The molecule has 64 valence electrons. The highest BCUT2D eigenvalue weighted by Gasteiger charge is 2.05. The summed E-state index contributed by atoms with van der Waals surface area (Å²) in [5.41, 5.74) is 0.631. The van der Waals surface area contributed by atoms with Crippen molar-refractivity contribution in [2.45, 2.75) is 0 Å². The lowest BCUT2D eigenvalue weighted by molar-refractivity contribution is 0.411. The first-order chi connectivity index (χ1) is 6.40. The minimum atomic E-state index is 0.383. The number of nitrogens with zero attached hydrogens (tertiary/aromatic N) is 4. The molecular weight excluding hydrogens is 168 g/mol. The topological polar surface area (TPSA) is 64.7 Å². The summed E-state index contributed by atoms with van der Waals surface area (Å²) in [4.78, 5) is 11.8. The Morgan fingerprint density at radius 3 is 3.00 bits per heavy atom. The smallest absolute Gasteiger partial charge is 0.250 e. The standard InChI is InChI=1S/C8H6N4O/c1-2-7-11-8(12-13-7)6-3-4-9-5-10-6/h2-5H,1H2. The molecule has 0 aliphatic carbocycles. The fourth-order valence-electron chi connectivity index (χ4n) is 0.845. The molecule has 0 aliphatic heterocycles. The van der Waals surface area contributed by atoms with Crippen molar-refractivity contribution in [3.05, 3.63) is 31.1 Å². The van der Waals surface area contributed by atoms with E-state index in [1.165, 1.54) is 12.4 Å². The zero-order valence-corrected chi connectivity index (χ0v) is 6.71. The molecule has 0 N–H and O–H groups in total. The summed E-state index contributed by atoms with van der Waals surface area (Å²) in [6.07, 6.45) is 4.53. The third-order valence-corrected chi connectivity index (χ3v) is 1.43. The van der Waals surface area contributed by atoms with E-state index in [9.17, 15) is 0 Å². The van der Waals surface area contributed by atoms with Crippen molar-refractivity contribution in [3.63, 3.8) is 0 Å². The Morgan fingerprint density at radius 2 is 2.38 bits per heavy atom. The van der Waals surface area contributed by atoms with Crippen molar-refractivity contribution in [3.8, 4) is 11.5 Å². The lowest BCUT2D eigenvalue weighted by Crippen LogP contribution is -1.85. The normalized spacial score (nSPS) is 9.85. The summed E-state index contributed by atoms with van der Waals surface area (Å²) in [6, 6.07) is 1.71. The van der Waals surface area contributed by atoms with Crippen LogP contribution < -0.4 is 0 Å². The number of hydrogen-bond acceptors (Lipinski definition) is 5. The molecule has 2 aromatic heterocycles. The van der Waals surface area contributed by atoms with Crippen LogP contribution in [0.3, 0.4) is 0 Å². The van der Waals surface area contributed by atoms with Crippen molar-refractivity contribution < 1.29 is 4.52 Å². The average Bonchev–Trinajstić information content (AvgIpc) is 2.67. The van der Waals surface area contributed by atoms with Gasteiger partial charge in [-0.1, -0.05) is 11.7 Å². The van der Waals surface area contributed by atoms with Gasteiger partial charge < -0.3 is 4.52 Å². The minimum Gasteiger partial charge on any atom is -0.334 e. The molecule has 0 spiro atoms. The van der Waals surface area contributed by atoms with Crippen LogP contribution in [-0.2, 0) is 0 Å². The van der Waals surface area contributed by atoms with Gasteiger partial charge in [0.15, 0.2) is 0 Å². The monoisotopic (exact) mass is 174 g/mol. The Kier molecular flexibility index (Phi) is 1.84. The molecule has 5 nitrogen and oxygen atoms in total. The number of aromatic nitrogens is 4. The van der Waals surface area contributed by atoms with Crippen molar-refractivity contribution in [2.75, 3.05) is 0 Å². The first-order valence-corrected chi connectivity index (χ1v) is 3.62. The van der Waals surface area contributed by atoms with E-state index in [0.717, 1.165) is 0 Å². The summed E-state index contributed by atoms with van der Waals surface area (Å²) in [5.74, 6) is 0.825. The van der Waals surface area contributed by atoms with Crippen LogP contribution in [-0.4, -0.2) is 20.1 Å². The third kappa shape index (κ3) is 1.44. The van der Waals surface area contributed by atoms with E-state index in [4.69, 9.17) is 4.52 Å². The summed E-state index contributed by atoms with van der Waals surface area (Å²) in [6.45, 7) is 3.51. The van der Waals surface area contributed by atoms with Crippen LogP contribution in [0.4, 0.5) is 0 Å². The molecule has 0 aliphatic rings. The van der Waals surface area contributed by atoms with E-state index < -0.39 is 0 Å². The van der Waals surface area contributed by atoms with Gasteiger partial charge in [0.05, 0.1) is 0 Å². The van der Waals surface area contributed by atoms with E-state index in [2.05, 4.69) is 26.7 Å². The fourth-order valence-corrected chi connectivity index (χ4v) is 0.845. The maximum Gasteiger partial charge on any atom is 0.250 e. The second-order valence-corrected chi connectivity index (χ2v) is 2.25. The molecule has 2 aromatic rings. The fraction of sp³-hybridized carbons (Fsp3) is 0. The van der Waals surface area contributed by atoms with Crippen LogP contribution >= 0.6 is 0 Å². The van der Waals surface area contributed by atoms with Crippen molar-refractivity contribution in [2.24, 2.45) is 0 Å². The van der Waals surface area contributed by atoms with Gasteiger partial charge in [0.25, 0.3) is 0 Å². The van der Waals surface area contributed by atoms with Crippen LogP contribution in [0.15, 0.2) is 29.7 Å². The Morgan fingerprint density at radius 1 is 1.46 bits per heavy atom. The highest BCUT2D eigenvalue weighted by Crippen LogP contribution is 2.10. The molecule has 0 saturated heterocycles. The van der Waals surface area contributed by atoms with E-state index in [1.54, 1.807) is 12.3 Å². The maximum absolute atomic E-state index is 4.83. The maximum atomic E-state index is 4.83. The van der Waals surface area contributed by atoms with Crippen LogP contribution in [0.2, 0.25) is 0 Å². The molecule has 0 radical (unpaired) electrons. The lowest BCUT2D eigenvalue weighted by Gasteiger charge is -1.88. The molecule has 13 heavy (non-hydrogen) atoms. The molecule has 0 unspecified atom stereocenters. The third-order valence-electron chi connectivity index (χ3n) is 1.43. The Hall–Kier alpha value is -2.04. The summed E-state index contributed by atoms with van der Waals surface area (Å²) in [7, 11) is 0. The van der Waals surface area contributed by atoms with E-state index in [0.29, 0.717) is 17.4 Å². The zero-order chi connectivity index (χ0) is 9.10. The molecule has 0 aromatic carbocycles. The first-order valence-electron chi connectivity index (χ1n) is 3.62. The number of rotatable bonds is 2. The van der Waals surface area contributed by atoms with Crippen LogP contribution in [0.1, 0.15) is 5.89 Å². The molecule has 5 heteroatoms. The highest BCUT2D eigenvalue weighted by molar-refractivity contribution is 5.48. The van der Waals surface area contributed by atoms with Gasteiger partial charge in [-0.3, -0.25) is 0 Å². The molecular formula is C8H6N4O. The Balaban J connectivity index is 2.41. The summed E-state index contributed by atoms with van der Waals surface area (Å²) in [5, 5.41) is 3.71. The zero-order valence-electron chi connectivity index (χ0n) is 6.71. The van der Waals surface area contributed by atoms with Gasteiger partial charge in [0.2, 0.25) is 11.7 Å². The van der Waals surface area contributed by atoms with Gasteiger partial charge in [-0.25, -0.2) is 9.97 Å². The van der Waals surface area contributed by atoms with Gasteiger partial charge in [-0.15, -0.1) is 0 Å². The largest absolute Gasteiger partial charge is 0.334 e. The van der Waals surface area contributed by atoms with Gasteiger partial charge in [0.1, 0.15) is 12.0 Å². The van der Waals surface area contributed by atoms with Gasteiger partial charge >= 0.3 is 0 Å². The Labute approximate surface area is 74.2 Å². The van der Waals surface area contributed by atoms with E-state index >= 15 is 0 Å². The highest BCUT2D eigenvalue weighted by atomic mass is 16.5. The van der Waals surface area contributed by atoms with Gasteiger partial charge in [-0.05, 0) is 12.1 Å². The van der Waals surface area contributed by atoms with Crippen molar-refractivity contribution in [1.82, 2.24) is 20.1 Å².